The molecule has 0 fully saturated rings. The molecule has 21 heavy (non-hydrogen) atoms. The smallest absolute Gasteiger partial charge is 0.136 e. The molecule has 0 unspecified atom stereocenters. The van der Waals surface area contributed by atoms with Crippen molar-refractivity contribution in [2.75, 3.05) is 30.9 Å². The van der Waals surface area contributed by atoms with E-state index in [0.717, 1.165) is 27.9 Å². The number of benzene rings is 1. The van der Waals surface area contributed by atoms with Gasteiger partial charge in [0.1, 0.15) is 17.5 Å². The fourth-order valence-electron chi connectivity index (χ4n) is 1.88. The Morgan fingerprint density at radius 2 is 1.95 bits per heavy atom. The van der Waals surface area contributed by atoms with Crippen LogP contribution in [0.2, 0.25) is 5.02 Å². The van der Waals surface area contributed by atoms with Crippen molar-refractivity contribution in [3.05, 3.63) is 40.7 Å². The van der Waals surface area contributed by atoms with Gasteiger partial charge in [0.2, 0.25) is 0 Å². The van der Waals surface area contributed by atoms with Gasteiger partial charge in [-0.25, -0.2) is 9.97 Å². The molecule has 112 valence electrons. The SMILES string of the molecule is COCCNc1cc(Nc2cccc(Cl)c2C)nc(C)n1. The third kappa shape index (κ3) is 4.31. The van der Waals surface area contributed by atoms with Gasteiger partial charge < -0.3 is 15.4 Å². The second kappa shape index (κ2) is 7.24. The summed E-state index contributed by atoms with van der Waals surface area (Å²) in [6, 6.07) is 7.61. The number of hydrogen-bond acceptors (Lipinski definition) is 5. The number of aromatic nitrogens is 2. The van der Waals surface area contributed by atoms with Crippen LogP contribution >= 0.6 is 11.6 Å². The van der Waals surface area contributed by atoms with E-state index in [4.69, 9.17) is 16.3 Å². The number of methoxy groups -OCH3 is 1. The van der Waals surface area contributed by atoms with Gasteiger partial charge in [-0.05, 0) is 31.5 Å². The molecule has 0 radical (unpaired) electrons. The van der Waals surface area contributed by atoms with Crippen molar-refractivity contribution < 1.29 is 4.74 Å². The summed E-state index contributed by atoms with van der Waals surface area (Å²) in [7, 11) is 1.67. The molecule has 0 saturated carbocycles. The molecular formula is C15H19ClN4O. The summed E-state index contributed by atoms with van der Waals surface area (Å²) in [6.45, 7) is 5.15. The van der Waals surface area contributed by atoms with Crippen LogP contribution in [0.15, 0.2) is 24.3 Å². The van der Waals surface area contributed by atoms with Crippen LogP contribution in [0, 0.1) is 13.8 Å². The van der Waals surface area contributed by atoms with Gasteiger partial charge in [0.05, 0.1) is 6.61 Å². The lowest BCUT2D eigenvalue weighted by Crippen LogP contribution is -2.10. The van der Waals surface area contributed by atoms with E-state index < -0.39 is 0 Å². The molecule has 1 heterocycles. The van der Waals surface area contributed by atoms with Gasteiger partial charge in [-0.15, -0.1) is 0 Å². The van der Waals surface area contributed by atoms with Crippen molar-refractivity contribution in [3.8, 4) is 0 Å². The maximum Gasteiger partial charge on any atom is 0.136 e. The Morgan fingerprint density at radius 1 is 1.19 bits per heavy atom. The molecule has 6 heteroatoms. The van der Waals surface area contributed by atoms with E-state index in [0.29, 0.717) is 19.0 Å². The van der Waals surface area contributed by atoms with Crippen LogP contribution in [0.25, 0.3) is 0 Å². The van der Waals surface area contributed by atoms with Gasteiger partial charge in [0, 0.05) is 30.4 Å². The highest BCUT2D eigenvalue weighted by Crippen LogP contribution is 2.26. The van der Waals surface area contributed by atoms with E-state index in [2.05, 4.69) is 20.6 Å². The summed E-state index contributed by atoms with van der Waals surface area (Å²) in [5.41, 5.74) is 1.92. The van der Waals surface area contributed by atoms with E-state index in [1.54, 1.807) is 7.11 Å². The van der Waals surface area contributed by atoms with Crippen LogP contribution in [0.5, 0.6) is 0 Å². The van der Waals surface area contributed by atoms with E-state index in [-0.39, 0.29) is 0 Å². The van der Waals surface area contributed by atoms with Gasteiger partial charge in [-0.1, -0.05) is 17.7 Å². The molecule has 0 atom stereocenters. The maximum atomic E-state index is 6.13. The summed E-state index contributed by atoms with van der Waals surface area (Å²) in [6.07, 6.45) is 0. The topological polar surface area (TPSA) is 59.1 Å². The summed E-state index contributed by atoms with van der Waals surface area (Å²) in [5, 5.41) is 7.20. The number of hydrogen-bond donors (Lipinski definition) is 2. The van der Waals surface area contributed by atoms with Crippen LogP contribution in [-0.2, 0) is 4.74 Å². The first kappa shape index (κ1) is 15.5. The molecule has 2 N–H and O–H groups in total. The minimum atomic E-state index is 0.624. The molecular weight excluding hydrogens is 288 g/mol. The van der Waals surface area contributed by atoms with E-state index in [9.17, 15) is 0 Å². The van der Waals surface area contributed by atoms with Crippen molar-refractivity contribution in [1.29, 1.82) is 0 Å². The van der Waals surface area contributed by atoms with Crippen molar-refractivity contribution in [3.63, 3.8) is 0 Å². The number of ether oxygens (including phenoxy) is 1. The Hall–Kier alpha value is -1.85. The normalized spacial score (nSPS) is 10.5. The molecule has 0 bridgehead atoms. The highest BCUT2D eigenvalue weighted by Gasteiger charge is 2.05. The van der Waals surface area contributed by atoms with Crippen LogP contribution in [0.3, 0.4) is 0 Å². The lowest BCUT2D eigenvalue weighted by atomic mass is 10.2. The molecule has 0 aliphatic carbocycles. The van der Waals surface area contributed by atoms with Gasteiger partial charge >= 0.3 is 0 Å². The Bertz CT molecular complexity index is 619. The average molecular weight is 307 g/mol. The molecule has 2 rings (SSSR count). The number of nitrogens with one attached hydrogen (secondary N) is 2. The van der Waals surface area contributed by atoms with E-state index >= 15 is 0 Å². The van der Waals surface area contributed by atoms with Crippen LogP contribution in [0.4, 0.5) is 17.3 Å². The number of nitrogens with zero attached hydrogens (tertiary/aromatic N) is 2. The average Bonchev–Trinajstić information content (AvgIpc) is 2.44. The molecule has 1 aromatic carbocycles. The molecule has 0 saturated heterocycles. The predicted octanol–water partition coefficient (Wildman–Crippen LogP) is 3.55. The minimum absolute atomic E-state index is 0.624. The number of halogens is 1. The van der Waals surface area contributed by atoms with Gasteiger partial charge in [-0.2, -0.15) is 0 Å². The zero-order chi connectivity index (χ0) is 15.2. The monoisotopic (exact) mass is 306 g/mol. The largest absolute Gasteiger partial charge is 0.383 e. The van der Waals surface area contributed by atoms with Crippen molar-refractivity contribution in [2.24, 2.45) is 0 Å². The first-order valence-electron chi connectivity index (χ1n) is 6.71. The summed E-state index contributed by atoms with van der Waals surface area (Å²) >= 11 is 6.13. The second-order valence-electron chi connectivity index (χ2n) is 4.64. The fraction of sp³-hybridized carbons (Fsp3) is 0.333. The van der Waals surface area contributed by atoms with Crippen molar-refractivity contribution >= 4 is 28.9 Å². The molecule has 0 spiro atoms. The van der Waals surface area contributed by atoms with E-state index in [1.807, 2.05) is 38.1 Å². The molecule has 2 aromatic rings. The Kier molecular flexibility index (Phi) is 5.36. The molecule has 0 amide bonds. The third-order valence-corrected chi connectivity index (χ3v) is 3.39. The van der Waals surface area contributed by atoms with Crippen LogP contribution < -0.4 is 10.6 Å². The number of aryl methyl sites for hydroxylation is 1. The summed E-state index contributed by atoms with van der Waals surface area (Å²) in [5.74, 6) is 2.19. The maximum absolute atomic E-state index is 6.13. The second-order valence-corrected chi connectivity index (χ2v) is 5.05. The standard InChI is InChI=1S/C15H19ClN4O/c1-10-12(16)5-4-6-13(10)20-15-9-14(17-7-8-21-3)18-11(2)19-15/h4-6,9H,7-8H2,1-3H3,(H2,17,18,19,20). The fourth-order valence-corrected chi connectivity index (χ4v) is 2.06. The first-order valence-corrected chi connectivity index (χ1v) is 7.08. The number of anilines is 3. The molecule has 0 aliphatic heterocycles. The van der Waals surface area contributed by atoms with Crippen molar-refractivity contribution in [1.82, 2.24) is 9.97 Å². The van der Waals surface area contributed by atoms with Gasteiger partial charge in [-0.3, -0.25) is 0 Å². The Balaban J connectivity index is 2.17. The molecule has 5 nitrogen and oxygen atoms in total. The predicted molar refractivity (Wildman–Crippen MR) is 86.6 cm³/mol. The lowest BCUT2D eigenvalue weighted by Gasteiger charge is -2.12. The first-order chi connectivity index (χ1) is 10.1. The Labute approximate surface area is 129 Å². The quantitative estimate of drug-likeness (QED) is 0.799. The summed E-state index contributed by atoms with van der Waals surface area (Å²) < 4.78 is 5.01. The molecule has 1 aromatic heterocycles. The minimum Gasteiger partial charge on any atom is -0.383 e. The summed E-state index contributed by atoms with van der Waals surface area (Å²) in [4.78, 5) is 8.73. The zero-order valence-electron chi connectivity index (χ0n) is 12.4. The zero-order valence-corrected chi connectivity index (χ0v) is 13.2. The van der Waals surface area contributed by atoms with E-state index in [1.165, 1.54) is 0 Å². The van der Waals surface area contributed by atoms with Crippen LogP contribution in [-0.4, -0.2) is 30.2 Å². The Morgan fingerprint density at radius 3 is 2.71 bits per heavy atom. The number of rotatable bonds is 6. The third-order valence-electron chi connectivity index (χ3n) is 2.98. The van der Waals surface area contributed by atoms with Crippen LogP contribution in [0.1, 0.15) is 11.4 Å². The molecule has 0 aliphatic rings. The van der Waals surface area contributed by atoms with Crippen molar-refractivity contribution in [2.45, 2.75) is 13.8 Å². The highest BCUT2D eigenvalue weighted by atomic mass is 35.5. The van der Waals surface area contributed by atoms with Gasteiger partial charge in [0.25, 0.3) is 0 Å². The lowest BCUT2D eigenvalue weighted by molar-refractivity contribution is 0.210. The van der Waals surface area contributed by atoms with Gasteiger partial charge in [0.15, 0.2) is 0 Å². The highest BCUT2D eigenvalue weighted by molar-refractivity contribution is 6.31.